The minimum atomic E-state index is -0.930. The highest BCUT2D eigenvalue weighted by atomic mass is 16.4. The van der Waals surface area contributed by atoms with Crippen molar-refractivity contribution < 1.29 is 33.4 Å². The first-order chi connectivity index (χ1) is 20.3. The largest absolute Gasteiger partial charge is 0.481 e. The molecule has 0 aliphatic carbocycles. The van der Waals surface area contributed by atoms with E-state index in [9.17, 15) is 14.4 Å². The van der Waals surface area contributed by atoms with Gasteiger partial charge < -0.3 is 29.7 Å². The minimum absolute atomic E-state index is 0.111. The molecule has 4 aromatic carbocycles. The van der Waals surface area contributed by atoms with Crippen LogP contribution in [0.5, 0.6) is 0 Å². The lowest BCUT2D eigenvalue weighted by atomic mass is 10.1. The number of aliphatic carboxylic acids is 2. The Morgan fingerprint density at radius 1 is 0.619 bits per heavy atom. The summed E-state index contributed by atoms with van der Waals surface area (Å²) >= 11 is 0. The molecule has 208 valence electrons. The van der Waals surface area contributed by atoms with Crippen LogP contribution >= 0.6 is 0 Å². The average Bonchev–Trinajstić information content (AvgIpc) is 3.56. The topological polar surface area (TPSA) is 168 Å². The van der Waals surface area contributed by atoms with Gasteiger partial charge in [0.25, 0.3) is 0 Å². The SMILES string of the molecule is O=C(O)Cc1ccc2oc(-c3cccc(NC(=O)Nc4cccc(-c5nc6cc(CC(=O)O)ccc6o5)c4)c3)nc2c1. The van der Waals surface area contributed by atoms with Gasteiger partial charge in [-0.25, -0.2) is 14.8 Å². The fourth-order valence-corrected chi connectivity index (χ4v) is 4.52. The number of nitrogens with zero attached hydrogens (tertiary/aromatic N) is 2. The van der Waals surface area contributed by atoms with Crippen molar-refractivity contribution in [3.63, 3.8) is 0 Å². The Morgan fingerprint density at radius 2 is 1.07 bits per heavy atom. The van der Waals surface area contributed by atoms with Crippen LogP contribution in [-0.2, 0) is 22.4 Å². The zero-order valence-electron chi connectivity index (χ0n) is 21.8. The number of urea groups is 1. The van der Waals surface area contributed by atoms with E-state index in [0.29, 0.717) is 67.6 Å². The van der Waals surface area contributed by atoms with Crippen molar-refractivity contribution in [1.82, 2.24) is 9.97 Å². The van der Waals surface area contributed by atoms with Gasteiger partial charge in [-0.2, -0.15) is 0 Å². The Balaban J connectivity index is 1.16. The Kier molecular flexibility index (Phi) is 6.81. The highest BCUT2D eigenvalue weighted by molar-refractivity contribution is 6.00. The zero-order valence-corrected chi connectivity index (χ0v) is 21.8. The molecule has 0 spiro atoms. The second-order valence-electron chi connectivity index (χ2n) is 9.52. The predicted molar refractivity (Wildman–Crippen MR) is 154 cm³/mol. The number of nitrogens with one attached hydrogen (secondary N) is 2. The summed E-state index contributed by atoms with van der Waals surface area (Å²) < 4.78 is 11.7. The first-order valence-electron chi connectivity index (χ1n) is 12.8. The molecule has 0 fully saturated rings. The molecular weight excluding hydrogens is 540 g/mol. The number of amides is 2. The second kappa shape index (κ2) is 10.9. The van der Waals surface area contributed by atoms with Crippen LogP contribution in [0.25, 0.3) is 45.1 Å². The molecule has 0 saturated carbocycles. The Labute approximate surface area is 237 Å². The van der Waals surface area contributed by atoms with Crippen molar-refractivity contribution in [1.29, 1.82) is 0 Å². The third-order valence-electron chi connectivity index (χ3n) is 6.35. The minimum Gasteiger partial charge on any atom is -0.481 e. The van der Waals surface area contributed by atoms with Gasteiger partial charge in [0.1, 0.15) is 11.0 Å². The Bertz CT molecular complexity index is 1850. The number of aromatic nitrogens is 2. The van der Waals surface area contributed by atoms with Crippen molar-refractivity contribution in [2.75, 3.05) is 10.6 Å². The first-order valence-corrected chi connectivity index (χ1v) is 12.8. The lowest BCUT2D eigenvalue weighted by Gasteiger charge is -2.09. The van der Waals surface area contributed by atoms with Gasteiger partial charge in [-0.05, 0) is 71.8 Å². The standard InChI is InChI=1S/C31H22N4O7/c36-27(37)13-17-7-9-25-23(11-17)34-29(41-25)19-3-1-5-21(15-19)32-31(40)33-22-6-2-4-20(16-22)30-35-24-12-18(14-28(38)39)8-10-26(24)42-30/h1-12,15-16H,13-14H2,(H,36,37)(H,38,39)(H2,32,33,40). The maximum Gasteiger partial charge on any atom is 0.323 e. The maximum absolute atomic E-state index is 12.8. The van der Waals surface area contributed by atoms with Gasteiger partial charge >= 0.3 is 18.0 Å². The van der Waals surface area contributed by atoms with Crippen LogP contribution in [0.1, 0.15) is 11.1 Å². The van der Waals surface area contributed by atoms with Gasteiger partial charge in [0.15, 0.2) is 11.2 Å². The van der Waals surface area contributed by atoms with E-state index in [4.69, 9.17) is 19.0 Å². The third kappa shape index (κ3) is 5.80. The molecule has 11 heteroatoms. The summed E-state index contributed by atoms with van der Waals surface area (Å²) in [6, 6.07) is 23.6. The highest BCUT2D eigenvalue weighted by Gasteiger charge is 2.14. The van der Waals surface area contributed by atoms with Crippen LogP contribution in [-0.4, -0.2) is 38.2 Å². The number of carbonyl (C=O) groups is 3. The molecule has 0 aliphatic heterocycles. The van der Waals surface area contributed by atoms with E-state index < -0.39 is 18.0 Å². The first kappa shape index (κ1) is 26.3. The molecule has 2 heterocycles. The smallest absolute Gasteiger partial charge is 0.323 e. The average molecular weight is 563 g/mol. The highest BCUT2D eigenvalue weighted by Crippen LogP contribution is 2.29. The summed E-state index contributed by atoms with van der Waals surface area (Å²) in [5.74, 6) is -1.19. The molecule has 0 unspecified atom stereocenters. The molecule has 0 atom stereocenters. The van der Waals surface area contributed by atoms with Crippen molar-refractivity contribution >= 4 is 51.5 Å². The number of hydrogen-bond acceptors (Lipinski definition) is 7. The Hall–Kier alpha value is -5.97. The molecule has 0 aliphatic rings. The number of hydrogen-bond donors (Lipinski definition) is 4. The van der Waals surface area contributed by atoms with Crippen LogP contribution in [0.4, 0.5) is 16.2 Å². The monoisotopic (exact) mass is 562 g/mol. The molecule has 42 heavy (non-hydrogen) atoms. The number of rotatable bonds is 8. The van der Waals surface area contributed by atoms with Crippen LogP contribution < -0.4 is 10.6 Å². The predicted octanol–water partition coefficient (Wildman–Crippen LogP) is 6.20. The number of oxazole rings is 2. The summed E-state index contributed by atoms with van der Waals surface area (Å²) in [6.45, 7) is 0. The van der Waals surface area contributed by atoms with E-state index in [1.807, 2.05) is 0 Å². The van der Waals surface area contributed by atoms with E-state index in [1.54, 1.807) is 84.9 Å². The van der Waals surface area contributed by atoms with Crippen molar-refractivity contribution in [2.45, 2.75) is 12.8 Å². The third-order valence-corrected chi connectivity index (χ3v) is 6.35. The summed E-state index contributed by atoms with van der Waals surface area (Å²) in [7, 11) is 0. The van der Waals surface area contributed by atoms with Gasteiger partial charge in [-0.15, -0.1) is 0 Å². The van der Waals surface area contributed by atoms with E-state index in [1.165, 1.54) is 0 Å². The molecule has 0 saturated heterocycles. The quantitative estimate of drug-likeness (QED) is 0.169. The van der Waals surface area contributed by atoms with Gasteiger partial charge in [-0.3, -0.25) is 9.59 Å². The second-order valence-corrected chi connectivity index (χ2v) is 9.52. The number of carboxylic acid groups (broad SMARTS) is 2. The molecule has 4 N–H and O–H groups in total. The molecule has 0 bridgehead atoms. The van der Waals surface area contributed by atoms with E-state index in [2.05, 4.69) is 20.6 Å². The Morgan fingerprint density at radius 3 is 1.50 bits per heavy atom. The van der Waals surface area contributed by atoms with E-state index in [0.717, 1.165) is 0 Å². The van der Waals surface area contributed by atoms with Gasteiger partial charge in [0, 0.05) is 22.5 Å². The number of carboxylic acids is 2. The van der Waals surface area contributed by atoms with Crippen LogP contribution in [0.2, 0.25) is 0 Å². The number of anilines is 2. The fourth-order valence-electron chi connectivity index (χ4n) is 4.52. The summed E-state index contributed by atoms with van der Waals surface area (Å²) in [4.78, 5) is 43.8. The van der Waals surface area contributed by atoms with E-state index >= 15 is 0 Å². The lowest BCUT2D eigenvalue weighted by molar-refractivity contribution is -0.137. The number of fused-ring (bicyclic) bond motifs is 2. The van der Waals surface area contributed by atoms with Crippen molar-refractivity contribution in [3.8, 4) is 22.9 Å². The van der Waals surface area contributed by atoms with Crippen LogP contribution in [0, 0.1) is 0 Å². The lowest BCUT2D eigenvalue weighted by Crippen LogP contribution is -2.19. The summed E-state index contributed by atoms with van der Waals surface area (Å²) in [5, 5.41) is 23.7. The fraction of sp³-hybridized carbons (Fsp3) is 0.0645. The number of benzene rings is 4. The zero-order chi connectivity index (χ0) is 29.2. The summed E-state index contributed by atoms with van der Waals surface area (Å²) in [6.07, 6.45) is -0.223. The molecule has 6 rings (SSSR count). The summed E-state index contributed by atoms with van der Waals surface area (Å²) in [5.41, 5.74) is 5.64. The molecule has 2 amide bonds. The van der Waals surface area contributed by atoms with Crippen LogP contribution in [0.15, 0.2) is 93.8 Å². The normalized spacial score (nSPS) is 11.0. The molecule has 11 nitrogen and oxygen atoms in total. The van der Waals surface area contributed by atoms with E-state index in [-0.39, 0.29) is 12.8 Å². The molecule has 6 aromatic rings. The van der Waals surface area contributed by atoms with Gasteiger partial charge in [0.05, 0.1) is 12.8 Å². The molecule has 2 aromatic heterocycles. The van der Waals surface area contributed by atoms with Crippen molar-refractivity contribution in [3.05, 3.63) is 96.1 Å². The van der Waals surface area contributed by atoms with Crippen molar-refractivity contribution in [2.24, 2.45) is 0 Å². The number of carbonyl (C=O) groups excluding carboxylic acids is 1. The van der Waals surface area contributed by atoms with Gasteiger partial charge in [0.2, 0.25) is 11.8 Å². The van der Waals surface area contributed by atoms with Crippen LogP contribution in [0.3, 0.4) is 0 Å². The molecular formula is C31H22N4O7. The van der Waals surface area contributed by atoms with Gasteiger partial charge in [-0.1, -0.05) is 24.3 Å². The maximum atomic E-state index is 12.8. The molecule has 0 radical (unpaired) electrons.